The summed E-state index contributed by atoms with van der Waals surface area (Å²) < 4.78 is 40.8. The maximum atomic E-state index is 14.6. The van der Waals surface area contributed by atoms with Crippen molar-refractivity contribution in [2.75, 3.05) is 31.2 Å². The number of likely N-dealkylation sites (tertiary alicyclic amines) is 1. The van der Waals surface area contributed by atoms with Gasteiger partial charge in [-0.05, 0) is 0 Å². The van der Waals surface area contributed by atoms with Crippen LogP contribution in [0.25, 0.3) is 0 Å². The molecule has 10 heteroatoms. The van der Waals surface area contributed by atoms with E-state index in [1.54, 1.807) is 13.0 Å². The minimum atomic E-state index is -3.59. The van der Waals surface area contributed by atoms with Gasteiger partial charge >= 0.3 is 167 Å². The van der Waals surface area contributed by atoms with Crippen LogP contribution in [0.3, 0.4) is 0 Å². The van der Waals surface area contributed by atoms with Gasteiger partial charge in [-0.15, -0.1) is 0 Å². The van der Waals surface area contributed by atoms with Crippen molar-refractivity contribution in [1.29, 1.82) is 0 Å². The van der Waals surface area contributed by atoms with E-state index >= 15 is 0 Å². The molecule has 0 aromatic heterocycles. The molecule has 2 aliphatic rings. The summed E-state index contributed by atoms with van der Waals surface area (Å²) in [7, 11) is -2.17. The summed E-state index contributed by atoms with van der Waals surface area (Å²) in [5.41, 5.74) is -0.408. The molecule has 7 nitrogen and oxygen atoms in total. The van der Waals surface area contributed by atoms with Gasteiger partial charge in [-0.2, -0.15) is 0 Å². The first kappa shape index (κ1) is 20.9. The summed E-state index contributed by atoms with van der Waals surface area (Å²) in [5.74, 6) is -0.802. The fourth-order valence-corrected chi connectivity index (χ4v) is 5.77. The quantitative estimate of drug-likeness (QED) is 0.474. The van der Waals surface area contributed by atoms with Gasteiger partial charge in [-0.25, -0.2) is 0 Å². The van der Waals surface area contributed by atoms with Crippen molar-refractivity contribution < 1.29 is 33.5 Å². The number of anilines is 1. The Kier molecular flexibility index (Phi) is 6.07. The molecule has 151 valence electrons. The van der Waals surface area contributed by atoms with Crippen molar-refractivity contribution in [3.63, 3.8) is 0 Å². The van der Waals surface area contributed by atoms with Gasteiger partial charge < -0.3 is 0 Å². The molecular weight excluding hydrogens is 414 g/mol. The number of hydrogen-bond donors (Lipinski definition) is 3. The predicted molar refractivity (Wildman–Crippen MR) is 98.5 cm³/mol. The Bertz CT molecular complexity index is 831. The summed E-state index contributed by atoms with van der Waals surface area (Å²) in [4.78, 5) is 1.93. The van der Waals surface area contributed by atoms with Crippen molar-refractivity contribution in [1.82, 2.24) is 14.5 Å². The third-order valence-electron chi connectivity index (χ3n) is 5.14. The number of hydrogen-bond acceptors (Lipinski definition) is 6. The Morgan fingerprint density at radius 3 is 2.63 bits per heavy atom. The van der Waals surface area contributed by atoms with Gasteiger partial charge in [0.25, 0.3) is 0 Å². The number of aliphatic hydroxyl groups is 1. The molecule has 1 aromatic carbocycles. The van der Waals surface area contributed by atoms with Crippen LogP contribution >= 0.6 is 0 Å². The number of sulfonamides is 1. The van der Waals surface area contributed by atoms with E-state index < -0.39 is 27.7 Å². The summed E-state index contributed by atoms with van der Waals surface area (Å²) in [6.07, 6.45) is 2.35. The molecule has 0 radical (unpaired) electrons. The predicted octanol–water partition coefficient (Wildman–Crippen LogP) is 0.714. The Hall–Kier alpha value is -0.871. The Morgan fingerprint density at radius 1 is 1.33 bits per heavy atom. The van der Waals surface area contributed by atoms with Crippen molar-refractivity contribution in [2.24, 2.45) is 0 Å². The molecule has 0 aliphatic carbocycles. The van der Waals surface area contributed by atoms with E-state index in [-0.39, 0.29) is 16.0 Å². The van der Waals surface area contributed by atoms with E-state index in [4.69, 9.17) is 0 Å². The molecular formula is C17H25FMnN4O3S. The molecule has 0 spiro atoms. The van der Waals surface area contributed by atoms with E-state index in [2.05, 4.69) is 26.2 Å². The number of benzene rings is 1. The van der Waals surface area contributed by atoms with E-state index in [9.17, 15) is 17.9 Å². The van der Waals surface area contributed by atoms with Crippen LogP contribution in [0.5, 0.6) is 0 Å². The molecule has 1 unspecified atom stereocenters. The molecule has 0 saturated carbocycles. The Labute approximate surface area is 167 Å². The van der Waals surface area contributed by atoms with Crippen molar-refractivity contribution in [3.05, 3.63) is 29.6 Å². The molecule has 2 aliphatic heterocycles. The van der Waals surface area contributed by atoms with Gasteiger partial charge in [0.2, 0.25) is 0 Å². The van der Waals surface area contributed by atoms with Crippen LogP contribution in [0.15, 0.2) is 18.2 Å². The zero-order valence-corrected chi connectivity index (χ0v) is 17.4. The third kappa shape index (κ3) is 4.42. The first-order valence-corrected chi connectivity index (χ1v) is 11.1. The second-order valence-electron chi connectivity index (χ2n) is 7.28. The number of nitrogens with zero attached hydrogens (tertiary/aromatic N) is 2. The summed E-state index contributed by atoms with van der Waals surface area (Å²) in [6, 6.07) is 4.38. The van der Waals surface area contributed by atoms with Crippen molar-refractivity contribution in [2.45, 2.75) is 38.1 Å². The fraction of sp³-hybridized carbons (Fsp3) is 0.588. The first-order valence-electron chi connectivity index (χ1n) is 8.88. The SMILES string of the molecule is CN1[C](=[Mn])N[C@](C)(c2cc(NC(O)N3CCCCC3)ccc2F)CS1(=O)=O. The summed E-state index contributed by atoms with van der Waals surface area (Å²) in [6.45, 7) is 3.24. The van der Waals surface area contributed by atoms with Crippen LogP contribution in [0.1, 0.15) is 31.7 Å². The van der Waals surface area contributed by atoms with E-state index in [0.29, 0.717) is 5.69 Å². The van der Waals surface area contributed by atoms with Crippen molar-refractivity contribution >= 4 is 20.4 Å². The minimum absolute atomic E-state index is 0.215. The van der Waals surface area contributed by atoms with Crippen LogP contribution in [-0.2, 0) is 31.1 Å². The van der Waals surface area contributed by atoms with Gasteiger partial charge in [-0.1, -0.05) is 0 Å². The molecule has 27 heavy (non-hydrogen) atoms. The summed E-state index contributed by atoms with van der Waals surface area (Å²) in [5, 5.41) is 16.4. The van der Waals surface area contributed by atoms with Gasteiger partial charge in [-0.3, -0.25) is 0 Å². The standard InChI is InChI=1S/C17H25FN4O3S.Mn/c1-17(11-26(24,25)21(2)12-19-17)14-10-13(6-7-15(14)18)20-16(23)22-8-4-3-5-9-22;/h6-7,10,16,19-20,23H,3-5,8-9,11H2,1-2H3;/t16?,17-;/m0./s1. The molecule has 1 aromatic rings. The van der Waals surface area contributed by atoms with Crippen LogP contribution in [0.4, 0.5) is 10.1 Å². The van der Waals surface area contributed by atoms with Crippen LogP contribution in [-0.4, -0.2) is 59.6 Å². The van der Waals surface area contributed by atoms with Gasteiger partial charge in [0.1, 0.15) is 0 Å². The number of nitrogens with one attached hydrogen (secondary N) is 2. The van der Waals surface area contributed by atoms with Gasteiger partial charge in [0.05, 0.1) is 0 Å². The average Bonchev–Trinajstić information content (AvgIpc) is 2.61. The molecule has 2 heterocycles. The monoisotopic (exact) mass is 439 g/mol. The van der Waals surface area contributed by atoms with Gasteiger partial charge in [0.15, 0.2) is 0 Å². The molecule has 3 rings (SSSR count). The zero-order valence-electron chi connectivity index (χ0n) is 15.4. The third-order valence-corrected chi connectivity index (χ3v) is 7.81. The van der Waals surface area contributed by atoms with E-state index in [1.807, 2.05) is 4.90 Å². The fourth-order valence-electron chi connectivity index (χ4n) is 3.51. The zero-order chi connectivity index (χ0) is 19.8. The number of halogens is 1. The average molecular weight is 439 g/mol. The molecule has 2 fully saturated rings. The van der Waals surface area contributed by atoms with Crippen LogP contribution < -0.4 is 10.6 Å². The Balaban J connectivity index is 1.86. The van der Waals surface area contributed by atoms with Crippen LogP contribution in [0.2, 0.25) is 0 Å². The first-order chi connectivity index (χ1) is 12.6. The molecule has 0 amide bonds. The number of aliphatic hydroxyl groups excluding tert-OH is 1. The molecule has 3 N–H and O–H groups in total. The molecule has 0 bridgehead atoms. The second kappa shape index (κ2) is 7.87. The second-order valence-corrected chi connectivity index (χ2v) is 9.84. The molecule has 2 saturated heterocycles. The van der Waals surface area contributed by atoms with Gasteiger partial charge in [0, 0.05) is 0 Å². The Morgan fingerprint density at radius 2 is 2.00 bits per heavy atom. The summed E-state index contributed by atoms with van der Waals surface area (Å²) >= 11 is 3.21. The number of rotatable bonds is 4. The maximum absolute atomic E-state index is 14.6. The normalized spacial score (nSPS) is 28.1. The molecule has 2 atom stereocenters. The van der Waals surface area contributed by atoms with Crippen molar-refractivity contribution in [3.8, 4) is 0 Å². The van der Waals surface area contributed by atoms with E-state index in [1.165, 1.54) is 19.2 Å². The number of piperidine rings is 1. The van der Waals surface area contributed by atoms with Crippen LogP contribution in [0, 0.1) is 5.82 Å². The van der Waals surface area contributed by atoms with E-state index in [0.717, 1.165) is 36.7 Å². The topological polar surface area (TPSA) is 84.9 Å².